The number of benzene rings is 1. The molecule has 1 aromatic rings. The van der Waals surface area contributed by atoms with E-state index in [0.717, 1.165) is 76.2 Å². The summed E-state index contributed by atoms with van der Waals surface area (Å²) in [5, 5.41) is 0. The Labute approximate surface area is 323 Å². The number of hydrogen-bond donors (Lipinski definition) is 0. The number of rotatable bonds is 39. The predicted molar refractivity (Wildman–Crippen MR) is 229 cm³/mol. The van der Waals surface area contributed by atoms with Crippen LogP contribution in [0.2, 0.25) is 0 Å². The Morgan fingerprint density at radius 2 is 0.692 bits per heavy atom. The van der Waals surface area contributed by atoms with E-state index in [1.54, 1.807) is 0 Å². The third-order valence-electron chi connectivity index (χ3n) is 11.0. The number of carbonyl (C=O) groups excluding carboxylic acids is 3. The minimum Gasteiger partial charge on any atom is -0.0654 e. The van der Waals surface area contributed by atoms with Gasteiger partial charge in [0, 0.05) is 0 Å². The standard InChI is InChI=1S/C47H85O4P/c1-4-7-10-13-15-17-19-21-23-25-27-30-36-41-46(49)52(43-44-38-33-32-34-39-44,51-45(48)40-35-29-12-9-6-3)47(50)42-37-31-28-26-24-22-20-18-16-14-11-8-5-2/h32-34,38-39,52H,4-31,35-37,40-43H2,1-3H3. The van der Waals surface area contributed by atoms with Gasteiger partial charge in [-0.05, 0) is 0 Å². The molecule has 0 spiro atoms. The molecule has 1 aromatic carbocycles. The molecule has 0 saturated heterocycles. The molecule has 0 N–H and O–H groups in total. The quantitative estimate of drug-likeness (QED) is 0.0497. The van der Waals surface area contributed by atoms with Crippen molar-refractivity contribution in [1.82, 2.24) is 0 Å². The van der Waals surface area contributed by atoms with E-state index in [1.165, 1.54) is 128 Å². The van der Waals surface area contributed by atoms with Crippen molar-refractivity contribution in [3.63, 3.8) is 0 Å². The molecule has 0 bridgehead atoms. The van der Waals surface area contributed by atoms with Crippen molar-refractivity contribution in [1.29, 1.82) is 0 Å². The van der Waals surface area contributed by atoms with E-state index in [0.29, 0.717) is 19.3 Å². The van der Waals surface area contributed by atoms with Gasteiger partial charge in [-0.2, -0.15) is 0 Å². The van der Waals surface area contributed by atoms with Gasteiger partial charge in [-0.1, -0.05) is 52.4 Å². The van der Waals surface area contributed by atoms with E-state index in [-0.39, 0.29) is 23.2 Å². The summed E-state index contributed by atoms with van der Waals surface area (Å²) in [6, 6.07) is 9.84. The second kappa shape index (κ2) is 35.2. The Morgan fingerprint density at radius 1 is 0.404 bits per heavy atom. The molecule has 0 saturated carbocycles. The first-order chi connectivity index (χ1) is 25.5. The molecule has 0 aromatic heterocycles. The summed E-state index contributed by atoms with van der Waals surface area (Å²) in [6.45, 7) is 6.72. The second-order valence-corrected chi connectivity index (χ2v) is 19.3. The molecule has 1 rings (SSSR count). The summed E-state index contributed by atoms with van der Waals surface area (Å²) < 4.78 is 6.30. The molecule has 5 heteroatoms. The van der Waals surface area contributed by atoms with Gasteiger partial charge >= 0.3 is 272 Å². The van der Waals surface area contributed by atoms with Crippen LogP contribution in [0.3, 0.4) is 0 Å². The average Bonchev–Trinajstić information content (AvgIpc) is 3.15. The first kappa shape index (κ1) is 48.5. The van der Waals surface area contributed by atoms with Gasteiger partial charge in [0.2, 0.25) is 0 Å². The third kappa shape index (κ3) is 25.5. The van der Waals surface area contributed by atoms with Crippen molar-refractivity contribution in [3.8, 4) is 0 Å². The van der Waals surface area contributed by atoms with Crippen molar-refractivity contribution in [2.45, 2.75) is 245 Å². The molecule has 4 nitrogen and oxygen atoms in total. The van der Waals surface area contributed by atoms with Crippen molar-refractivity contribution in [2.24, 2.45) is 0 Å². The monoisotopic (exact) mass is 745 g/mol. The zero-order valence-electron chi connectivity index (χ0n) is 34.8. The summed E-state index contributed by atoms with van der Waals surface area (Å²) in [6.07, 6.45) is 38.8. The Kier molecular flexibility index (Phi) is 32.8. The molecule has 0 heterocycles. The van der Waals surface area contributed by atoms with Crippen LogP contribution in [-0.2, 0) is 25.1 Å². The van der Waals surface area contributed by atoms with E-state index in [1.807, 2.05) is 30.3 Å². The van der Waals surface area contributed by atoms with Gasteiger partial charge in [0.15, 0.2) is 0 Å². The SMILES string of the molecule is CCCCCCCCCCCCCCCC(=O)[PH](Cc1ccccc1)(OC(=O)CCCCCCC)C(=O)CCCCCCCCCCCCCCC. The van der Waals surface area contributed by atoms with E-state index in [2.05, 4.69) is 20.8 Å². The van der Waals surface area contributed by atoms with E-state index >= 15 is 0 Å². The number of unbranched alkanes of at least 4 members (excludes halogenated alkanes) is 28. The summed E-state index contributed by atoms with van der Waals surface area (Å²) in [4.78, 5) is 41.9. The fraction of sp³-hybridized carbons (Fsp3) is 0.809. The maximum absolute atomic E-state index is 14.3. The van der Waals surface area contributed by atoms with Crippen molar-refractivity contribution < 1.29 is 18.9 Å². The van der Waals surface area contributed by atoms with Crippen LogP contribution >= 0.6 is 7.49 Å². The summed E-state index contributed by atoms with van der Waals surface area (Å²) in [5.74, 6) is -0.337. The van der Waals surface area contributed by atoms with Crippen molar-refractivity contribution >= 4 is 24.5 Å². The van der Waals surface area contributed by atoms with Crippen molar-refractivity contribution in [3.05, 3.63) is 35.9 Å². The summed E-state index contributed by atoms with van der Waals surface area (Å²) >= 11 is 0. The van der Waals surface area contributed by atoms with Gasteiger partial charge in [0.25, 0.3) is 0 Å². The Hall–Kier alpha value is -1.54. The normalized spacial score (nSPS) is 11.9. The topological polar surface area (TPSA) is 60.4 Å². The van der Waals surface area contributed by atoms with Crippen molar-refractivity contribution in [2.75, 3.05) is 0 Å². The second-order valence-electron chi connectivity index (χ2n) is 16.0. The molecule has 0 unspecified atom stereocenters. The van der Waals surface area contributed by atoms with Gasteiger partial charge in [0.1, 0.15) is 0 Å². The zero-order chi connectivity index (χ0) is 37.8. The van der Waals surface area contributed by atoms with Crippen LogP contribution in [0.5, 0.6) is 0 Å². The minimum atomic E-state index is -3.71. The van der Waals surface area contributed by atoms with Crippen LogP contribution in [0.4, 0.5) is 0 Å². The van der Waals surface area contributed by atoms with Crippen LogP contribution in [-0.4, -0.2) is 17.0 Å². The molecular formula is C47H85O4P. The molecule has 52 heavy (non-hydrogen) atoms. The van der Waals surface area contributed by atoms with E-state index in [4.69, 9.17) is 4.52 Å². The van der Waals surface area contributed by atoms with Crippen LogP contribution in [0.1, 0.15) is 245 Å². The maximum atomic E-state index is 14.3. The molecule has 0 radical (unpaired) electrons. The smallest absolute Gasteiger partial charge is 0.0654 e. The van der Waals surface area contributed by atoms with Crippen LogP contribution < -0.4 is 0 Å². The van der Waals surface area contributed by atoms with Gasteiger partial charge in [-0.25, -0.2) is 0 Å². The first-order valence-corrected chi connectivity index (χ1v) is 24.9. The Morgan fingerprint density at radius 3 is 1.02 bits per heavy atom. The summed E-state index contributed by atoms with van der Waals surface area (Å²) in [7, 11) is -3.71. The minimum absolute atomic E-state index is 0.0570. The molecule has 0 aliphatic heterocycles. The number of hydrogen-bond acceptors (Lipinski definition) is 4. The van der Waals surface area contributed by atoms with E-state index in [9.17, 15) is 14.4 Å². The Bertz CT molecular complexity index is 935. The van der Waals surface area contributed by atoms with Gasteiger partial charge < -0.3 is 0 Å². The zero-order valence-corrected chi connectivity index (χ0v) is 35.8. The van der Waals surface area contributed by atoms with Gasteiger partial charge in [0.05, 0.1) is 0 Å². The molecular weight excluding hydrogens is 659 g/mol. The Balaban J connectivity index is 2.72. The average molecular weight is 745 g/mol. The molecule has 0 fully saturated rings. The first-order valence-electron chi connectivity index (χ1n) is 22.8. The van der Waals surface area contributed by atoms with E-state index < -0.39 is 7.49 Å². The predicted octanol–water partition coefficient (Wildman–Crippen LogP) is 15.8. The van der Waals surface area contributed by atoms with Gasteiger partial charge in [-0.3, -0.25) is 0 Å². The third-order valence-corrected chi connectivity index (χ3v) is 14.8. The van der Waals surface area contributed by atoms with Crippen LogP contribution in [0.15, 0.2) is 30.3 Å². The fourth-order valence-corrected chi connectivity index (χ4v) is 11.0. The molecule has 0 atom stereocenters. The fourth-order valence-electron chi connectivity index (χ4n) is 7.51. The molecule has 0 amide bonds. The van der Waals surface area contributed by atoms with Gasteiger partial charge in [-0.15, -0.1) is 0 Å². The van der Waals surface area contributed by atoms with Crippen LogP contribution in [0.25, 0.3) is 0 Å². The molecule has 302 valence electrons. The van der Waals surface area contributed by atoms with Crippen LogP contribution in [0, 0.1) is 0 Å². The number of carbonyl (C=O) groups is 3. The summed E-state index contributed by atoms with van der Waals surface area (Å²) in [5.41, 5.74) is 0.819. The molecule has 0 aliphatic rings. The molecule has 0 aliphatic carbocycles.